The zero-order chi connectivity index (χ0) is 18.1. The van der Waals surface area contributed by atoms with Crippen LogP contribution in [0.3, 0.4) is 0 Å². The van der Waals surface area contributed by atoms with Crippen LogP contribution < -0.4 is 5.73 Å². The lowest BCUT2D eigenvalue weighted by atomic mass is 10.0. The monoisotopic (exact) mass is 384 g/mol. The molecule has 0 spiro atoms. The fraction of sp³-hybridized carbons (Fsp3) is 0.190. The maximum Gasteiger partial charge on any atom is 0.147 e. The Morgan fingerprint density at radius 1 is 1.19 bits per heavy atom. The van der Waals surface area contributed by atoms with E-state index in [0.29, 0.717) is 12.1 Å². The molecule has 1 aliphatic carbocycles. The van der Waals surface area contributed by atoms with Crippen LogP contribution in [0.2, 0.25) is 5.02 Å². The minimum absolute atomic E-state index is 0.148. The zero-order valence-corrected chi connectivity index (χ0v) is 15.7. The van der Waals surface area contributed by atoms with Crippen LogP contribution in [-0.4, -0.2) is 6.21 Å². The van der Waals surface area contributed by atoms with Crippen molar-refractivity contribution < 1.29 is 4.39 Å². The van der Waals surface area contributed by atoms with Crippen molar-refractivity contribution in [3.05, 3.63) is 81.4 Å². The van der Waals surface area contributed by atoms with E-state index in [9.17, 15) is 4.39 Å². The topological polar surface area (TPSA) is 38.4 Å². The maximum atomic E-state index is 14.8. The lowest BCUT2D eigenvalue weighted by molar-refractivity contribution is 0.580. The van der Waals surface area contributed by atoms with Gasteiger partial charge in [0.05, 0.1) is 10.6 Å². The van der Waals surface area contributed by atoms with Gasteiger partial charge in [0.1, 0.15) is 5.82 Å². The first-order chi connectivity index (χ1) is 12.6. The number of aliphatic imine (C=N–C) groups is 1. The number of halogens is 2. The van der Waals surface area contributed by atoms with Gasteiger partial charge in [-0.1, -0.05) is 41.9 Å². The molecule has 1 saturated carbocycles. The molecule has 0 unspecified atom stereocenters. The first-order valence-electron chi connectivity index (χ1n) is 8.49. The van der Waals surface area contributed by atoms with E-state index in [0.717, 1.165) is 34.4 Å². The highest BCUT2D eigenvalue weighted by Gasteiger charge is 2.46. The zero-order valence-electron chi connectivity index (χ0n) is 14.1. The maximum absolute atomic E-state index is 14.8. The summed E-state index contributed by atoms with van der Waals surface area (Å²) < 4.78 is 14.8. The van der Waals surface area contributed by atoms with Crippen LogP contribution in [-0.2, 0) is 12.1 Å². The van der Waals surface area contributed by atoms with Crippen molar-refractivity contribution in [2.75, 3.05) is 0 Å². The molecule has 5 heteroatoms. The van der Waals surface area contributed by atoms with Gasteiger partial charge < -0.3 is 5.73 Å². The molecular weight excluding hydrogens is 367 g/mol. The molecule has 0 atom stereocenters. The Hall–Kier alpha value is -2.01. The van der Waals surface area contributed by atoms with E-state index < -0.39 is 5.54 Å². The third-order valence-electron chi connectivity index (χ3n) is 4.78. The van der Waals surface area contributed by atoms with Crippen molar-refractivity contribution in [1.29, 1.82) is 0 Å². The number of nitrogens with zero attached hydrogens (tertiary/aromatic N) is 1. The second kappa shape index (κ2) is 6.95. The number of thiophene rings is 1. The number of nitrogens with two attached hydrogens (primary N) is 1. The van der Waals surface area contributed by atoms with Gasteiger partial charge in [-0.25, -0.2) is 4.39 Å². The number of hydrogen-bond acceptors (Lipinski definition) is 3. The highest BCUT2D eigenvalue weighted by atomic mass is 35.5. The molecule has 2 nitrogen and oxygen atoms in total. The lowest BCUT2D eigenvalue weighted by Crippen LogP contribution is -2.08. The average molecular weight is 385 g/mol. The van der Waals surface area contributed by atoms with Gasteiger partial charge >= 0.3 is 0 Å². The minimum atomic E-state index is -0.525. The molecule has 3 aromatic rings. The molecule has 132 valence electrons. The van der Waals surface area contributed by atoms with Crippen LogP contribution in [0.5, 0.6) is 0 Å². The predicted molar refractivity (Wildman–Crippen MR) is 108 cm³/mol. The van der Waals surface area contributed by atoms with Gasteiger partial charge in [0.15, 0.2) is 0 Å². The smallest absolute Gasteiger partial charge is 0.147 e. The largest absolute Gasteiger partial charge is 0.326 e. The average Bonchev–Trinajstić information content (AvgIpc) is 3.24. The van der Waals surface area contributed by atoms with E-state index in [4.69, 9.17) is 22.3 Å². The van der Waals surface area contributed by atoms with Crippen molar-refractivity contribution in [2.24, 2.45) is 10.7 Å². The Bertz CT molecular complexity index is 962. The highest BCUT2D eigenvalue weighted by Crippen LogP contribution is 2.52. The van der Waals surface area contributed by atoms with E-state index in [-0.39, 0.29) is 10.8 Å². The van der Waals surface area contributed by atoms with Crippen LogP contribution in [0.15, 0.2) is 58.9 Å². The second-order valence-corrected chi connectivity index (χ2v) is 7.84. The molecule has 0 bridgehead atoms. The molecule has 1 aromatic heterocycles. The molecule has 0 saturated heterocycles. The van der Waals surface area contributed by atoms with Crippen molar-refractivity contribution in [3.8, 4) is 10.4 Å². The highest BCUT2D eigenvalue weighted by molar-refractivity contribution is 7.13. The van der Waals surface area contributed by atoms with Gasteiger partial charge in [-0.3, -0.25) is 4.99 Å². The van der Waals surface area contributed by atoms with Crippen molar-refractivity contribution in [2.45, 2.75) is 24.9 Å². The summed E-state index contributed by atoms with van der Waals surface area (Å²) in [7, 11) is 0. The second-order valence-electron chi connectivity index (χ2n) is 6.49. The summed E-state index contributed by atoms with van der Waals surface area (Å²) in [5.41, 5.74) is 8.79. The summed E-state index contributed by atoms with van der Waals surface area (Å²) in [5.74, 6) is -0.367. The Balaban J connectivity index is 1.74. The van der Waals surface area contributed by atoms with E-state index in [1.807, 2.05) is 54.1 Å². The molecule has 0 amide bonds. The number of rotatable bonds is 5. The molecule has 1 heterocycles. The molecule has 4 rings (SSSR count). The fourth-order valence-corrected chi connectivity index (χ4v) is 4.07. The van der Waals surface area contributed by atoms with Gasteiger partial charge in [-0.2, -0.15) is 0 Å². The van der Waals surface area contributed by atoms with Crippen molar-refractivity contribution in [3.63, 3.8) is 0 Å². The van der Waals surface area contributed by atoms with Crippen LogP contribution >= 0.6 is 22.9 Å². The number of hydrogen-bond donors (Lipinski definition) is 1. The lowest BCUT2D eigenvalue weighted by Gasteiger charge is -2.15. The molecular formula is C21H18ClFN2S. The van der Waals surface area contributed by atoms with Gasteiger partial charge in [-0.05, 0) is 53.1 Å². The Morgan fingerprint density at radius 2 is 2.00 bits per heavy atom. The molecule has 2 aromatic carbocycles. The Labute approximate surface area is 161 Å². The van der Waals surface area contributed by atoms with E-state index in [2.05, 4.69) is 0 Å². The minimum Gasteiger partial charge on any atom is -0.326 e. The molecule has 26 heavy (non-hydrogen) atoms. The summed E-state index contributed by atoms with van der Waals surface area (Å²) in [6, 6.07) is 15.4. The standard InChI is InChI=1S/C21H18ClFN2S/c22-18-11-16(19-6-3-9-26-19)10-17(20(18)23)21(7-8-21)25-13-15-5-2-1-4-14(15)12-24/h1-6,9-11,13H,7-8,12,24H2. The summed E-state index contributed by atoms with van der Waals surface area (Å²) in [6.45, 7) is 0.448. The first-order valence-corrected chi connectivity index (χ1v) is 9.75. The summed E-state index contributed by atoms with van der Waals surface area (Å²) in [6.07, 6.45) is 3.45. The van der Waals surface area contributed by atoms with E-state index in [1.54, 1.807) is 17.4 Å². The van der Waals surface area contributed by atoms with Gasteiger partial charge in [0.25, 0.3) is 0 Å². The summed E-state index contributed by atoms with van der Waals surface area (Å²) >= 11 is 7.81. The molecule has 1 aliphatic rings. The third-order valence-corrected chi connectivity index (χ3v) is 5.98. The Morgan fingerprint density at radius 3 is 2.69 bits per heavy atom. The third kappa shape index (κ3) is 3.20. The SMILES string of the molecule is NCc1ccccc1C=NC1(c2cc(-c3cccs3)cc(Cl)c2F)CC1. The van der Waals surface area contributed by atoms with Gasteiger partial charge in [0, 0.05) is 23.2 Å². The molecule has 1 fully saturated rings. The van der Waals surface area contributed by atoms with E-state index >= 15 is 0 Å². The van der Waals surface area contributed by atoms with Crippen LogP contribution in [0.4, 0.5) is 4.39 Å². The van der Waals surface area contributed by atoms with Crippen LogP contribution in [0.1, 0.15) is 29.5 Å². The van der Waals surface area contributed by atoms with E-state index in [1.165, 1.54) is 0 Å². The summed E-state index contributed by atoms with van der Waals surface area (Å²) in [4.78, 5) is 5.84. The summed E-state index contributed by atoms with van der Waals surface area (Å²) in [5, 5.41) is 2.15. The van der Waals surface area contributed by atoms with Crippen LogP contribution in [0, 0.1) is 5.82 Å². The molecule has 0 aliphatic heterocycles. The fourth-order valence-electron chi connectivity index (χ4n) is 3.14. The quantitative estimate of drug-likeness (QED) is 0.557. The van der Waals surface area contributed by atoms with Gasteiger partial charge in [-0.15, -0.1) is 11.3 Å². The Kier molecular flexibility index (Phi) is 4.65. The van der Waals surface area contributed by atoms with Gasteiger partial charge in [0.2, 0.25) is 0 Å². The van der Waals surface area contributed by atoms with Crippen molar-refractivity contribution in [1.82, 2.24) is 0 Å². The van der Waals surface area contributed by atoms with Crippen molar-refractivity contribution >= 4 is 29.2 Å². The molecule has 0 radical (unpaired) electrons. The normalized spacial score (nSPS) is 15.5. The molecule has 2 N–H and O–H groups in total. The number of benzene rings is 2. The van der Waals surface area contributed by atoms with Crippen LogP contribution in [0.25, 0.3) is 10.4 Å². The first kappa shape index (κ1) is 17.4. The predicted octanol–water partition coefficient (Wildman–Crippen LogP) is 5.77.